The summed E-state index contributed by atoms with van der Waals surface area (Å²) in [4.78, 5) is 21.2. The fourth-order valence-electron chi connectivity index (χ4n) is 4.34. The van der Waals surface area contributed by atoms with Crippen LogP contribution in [0.4, 0.5) is 5.82 Å². The fourth-order valence-corrected chi connectivity index (χ4v) is 4.46. The van der Waals surface area contributed by atoms with Crippen molar-refractivity contribution in [3.63, 3.8) is 0 Å². The van der Waals surface area contributed by atoms with Crippen LogP contribution >= 0.6 is 12.2 Å². The van der Waals surface area contributed by atoms with Gasteiger partial charge in [0.05, 0.1) is 28.7 Å². The number of anilines is 1. The standard InChI is InChI=1S/C26H38N6O3S/c1-5-34-15-22-30-23-24(32(22)16-26(3,4)31-18(2)33)20-11-10-19(14-21(20)29-25(23)27)35-13-9-7-6-8-12-28-17-36/h10-11,14,17H,5-9,12-13,15-16H2,1-4H3,(H2,27,29)(H,28,36)(H,31,33). The summed E-state index contributed by atoms with van der Waals surface area (Å²) in [5.41, 5.74) is 9.67. The average molecular weight is 515 g/mol. The number of nitrogens with one attached hydrogen (secondary N) is 2. The first-order valence-corrected chi connectivity index (χ1v) is 13.0. The lowest BCUT2D eigenvalue weighted by Crippen LogP contribution is -2.45. The molecular weight excluding hydrogens is 476 g/mol. The Morgan fingerprint density at radius 3 is 2.72 bits per heavy atom. The maximum absolute atomic E-state index is 11.8. The van der Waals surface area contributed by atoms with E-state index in [1.165, 1.54) is 6.92 Å². The number of aromatic nitrogens is 3. The second kappa shape index (κ2) is 12.8. The molecule has 1 amide bonds. The lowest BCUT2D eigenvalue weighted by Gasteiger charge is -2.27. The second-order valence-electron chi connectivity index (χ2n) is 9.52. The molecule has 3 rings (SSSR count). The minimum atomic E-state index is -0.506. The summed E-state index contributed by atoms with van der Waals surface area (Å²) in [7, 11) is 0. The van der Waals surface area contributed by atoms with Gasteiger partial charge < -0.3 is 30.4 Å². The number of pyridine rings is 1. The van der Waals surface area contributed by atoms with Crippen LogP contribution in [-0.2, 0) is 22.7 Å². The van der Waals surface area contributed by atoms with Gasteiger partial charge in [0, 0.05) is 38.1 Å². The number of thiocarbonyl (C=S) groups is 1. The van der Waals surface area contributed by atoms with Gasteiger partial charge in [-0.15, -0.1) is 0 Å². The molecule has 0 radical (unpaired) electrons. The van der Waals surface area contributed by atoms with Crippen molar-refractivity contribution in [3.05, 3.63) is 24.0 Å². The van der Waals surface area contributed by atoms with E-state index in [1.54, 1.807) is 5.49 Å². The molecule has 2 aromatic heterocycles. The summed E-state index contributed by atoms with van der Waals surface area (Å²) < 4.78 is 13.8. The molecule has 0 spiro atoms. The van der Waals surface area contributed by atoms with Crippen molar-refractivity contribution >= 4 is 51.4 Å². The van der Waals surface area contributed by atoms with Gasteiger partial charge in [0.1, 0.15) is 23.7 Å². The number of rotatable bonds is 15. The second-order valence-corrected chi connectivity index (χ2v) is 9.76. The van der Waals surface area contributed by atoms with Crippen LogP contribution < -0.4 is 21.1 Å². The van der Waals surface area contributed by atoms with Gasteiger partial charge in [-0.25, -0.2) is 9.97 Å². The number of unbranched alkanes of at least 4 members (excludes halogenated alkanes) is 3. The van der Waals surface area contributed by atoms with E-state index in [-0.39, 0.29) is 5.91 Å². The highest BCUT2D eigenvalue weighted by Gasteiger charge is 2.25. The van der Waals surface area contributed by atoms with E-state index in [2.05, 4.69) is 20.2 Å². The molecule has 0 saturated heterocycles. The predicted octanol–water partition coefficient (Wildman–Crippen LogP) is 4.10. The third kappa shape index (κ3) is 7.27. The highest BCUT2D eigenvalue weighted by atomic mass is 32.1. The molecule has 3 aromatic rings. The van der Waals surface area contributed by atoms with Crippen molar-refractivity contribution in [2.75, 3.05) is 25.5 Å². The first-order chi connectivity index (χ1) is 17.3. The van der Waals surface area contributed by atoms with Gasteiger partial charge in [-0.2, -0.15) is 0 Å². The van der Waals surface area contributed by atoms with Gasteiger partial charge >= 0.3 is 0 Å². The largest absolute Gasteiger partial charge is 0.494 e. The van der Waals surface area contributed by atoms with Crippen LogP contribution in [0.15, 0.2) is 18.2 Å². The number of hydrogen-bond acceptors (Lipinski definition) is 7. The SMILES string of the molecule is CCOCc1nc2c(N)nc3cc(OCCCCCCNC=S)ccc3c2n1CC(C)(C)NC(C)=O. The number of carbonyl (C=O) groups excluding carboxylic acids is 1. The Morgan fingerprint density at radius 1 is 1.22 bits per heavy atom. The maximum atomic E-state index is 11.8. The van der Waals surface area contributed by atoms with E-state index in [0.29, 0.717) is 37.7 Å². The molecule has 0 aliphatic rings. The highest BCUT2D eigenvalue weighted by molar-refractivity contribution is 7.78. The zero-order chi connectivity index (χ0) is 26.1. The summed E-state index contributed by atoms with van der Waals surface area (Å²) in [6.45, 7) is 10.4. The van der Waals surface area contributed by atoms with Gasteiger partial charge in [-0.1, -0.05) is 25.1 Å². The molecule has 196 valence electrons. The van der Waals surface area contributed by atoms with Crippen LogP contribution in [0, 0.1) is 0 Å². The number of nitrogens with zero attached hydrogens (tertiary/aromatic N) is 3. The molecular formula is C26H38N6O3S. The van der Waals surface area contributed by atoms with Crippen molar-refractivity contribution in [1.29, 1.82) is 0 Å². The minimum absolute atomic E-state index is 0.0877. The van der Waals surface area contributed by atoms with Crippen molar-refractivity contribution in [2.24, 2.45) is 0 Å². The predicted molar refractivity (Wildman–Crippen MR) is 148 cm³/mol. The van der Waals surface area contributed by atoms with Crippen molar-refractivity contribution in [3.8, 4) is 5.75 Å². The van der Waals surface area contributed by atoms with Gasteiger partial charge in [-0.3, -0.25) is 4.79 Å². The van der Waals surface area contributed by atoms with E-state index in [1.807, 2.05) is 39.0 Å². The van der Waals surface area contributed by atoms with Crippen LogP contribution in [0.2, 0.25) is 0 Å². The quantitative estimate of drug-likeness (QED) is 0.205. The summed E-state index contributed by atoms with van der Waals surface area (Å²) >= 11 is 4.76. The molecule has 4 N–H and O–H groups in total. The Kier molecular flexibility index (Phi) is 9.83. The topological polar surface area (TPSA) is 116 Å². The number of benzene rings is 1. The number of carbonyl (C=O) groups is 1. The lowest BCUT2D eigenvalue weighted by atomic mass is 10.1. The molecule has 10 heteroatoms. The third-order valence-electron chi connectivity index (χ3n) is 5.83. The van der Waals surface area contributed by atoms with Crippen LogP contribution in [-0.4, -0.2) is 51.2 Å². The van der Waals surface area contributed by atoms with E-state index in [4.69, 9.17) is 32.4 Å². The molecule has 0 fully saturated rings. The molecule has 9 nitrogen and oxygen atoms in total. The van der Waals surface area contributed by atoms with E-state index < -0.39 is 5.54 Å². The number of amides is 1. The molecule has 1 aromatic carbocycles. The summed E-state index contributed by atoms with van der Waals surface area (Å²) in [6.07, 6.45) is 4.32. The van der Waals surface area contributed by atoms with Gasteiger partial charge in [0.15, 0.2) is 5.82 Å². The fraction of sp³-hybridized carbons (Fsp3) is 0.538. The molecule has 0 aliphatic carbocycles. The minimum Gasteiger partial charge on any atom is -0.494 e. The van der Waals surface area contributed by atoms with Crippen LogP contribution in [0.25, 0.3) is 21.9 Å². The van der Waals surface area contributed by atoms with Crippen molar-refractivity contribution in [2.45, 2.75) is 72.1 Å². The maximum Gasteiger partial charge on any atom is 0.217 e. The molecule has 36 heavy (non-hydrogen) atoms. The number of imidazole rings is 1. The molecule has 0 atom stereocenters. The average Bonchev–Trinajstić information content (AvgIpc) is 3.16. The third-order valence-corrected chi connectivity index (χ3v) is 5.99. The first kappa shape index (κ1) is 27.6. The number of nitrogen functional groups attached to an aromatic ring is 1. The summed E-state index contributed by atoms with van der Waals surface area (Å²) in [5.74, 6) is 1.77. The van der Waals surface area contributed by atoms with E-state index >= 15 is 0 Å². The van der Waals surface area contributed by atoms with Gasteiger partial charge in [0.25, 0.3) is 0 Å². The monoisotopic (exact) mass is 514 g/mol. The Morgan fingerprint density at radius 2 is 2.00 bits per heavy atom. The van der Waals surface area contributed by atoms with Crippen LogP contribution in [0.1, 0.15) is 59.2 Å². The van der Waals surface area contributed by atoms with Crippen LogP contribution in [0.3, 0.4) is 0 Å². The normalized spacial score (nSPS) is 11.7. The first-order valence-electron chi connectivity index (χ1n) is 12.5. The molecule has 0 aliphatic heterocycles. The van der Waals surface area contributed by atoms with Gasteiger partial charge in [-0.05, 0) is 45.7 Å². The number of hydrogen-bond donors (Lipinski definition) is 3. The molecule has 0 bridgehead atoms. The zero-order valence-corrected chi connectivity index (χ0v) is 22.5. The Hall–Kier alpha value is -2.98. The van der Waals surface area contributed by atoms with Crippen molar-refractivity contribution in [1.82, 2.24) is 25.2 Å². The number of ether oxygens (including phenoxy) is 2. The van der Waals surface area contributed by atoms with E-state index in [0.717, 1.165) is 60.2 Å². The Bertz CT molecular complexity index is 1190. The summed E-state index contributed by atoms with van der Waals surface area (Å²) in [5, 5.41) is 6.99. The summed E-state index contributed by atoms with van der Waals surface area (Å²) in [6, 6.07) is 5.89. The molecule has 0 saturated carbocycles. The Balaban J connectivity index is 1.87. The van der Waals surface area contributed by atoms with E-state index in [9.17, 15) is 4.79 Å². The number of nitrogens with two attached hydrogens (primary N) is 1. The Labute approximate surface area is 218 Å². The highest BCUT2D eigenvalue weighted by Crippen LogP contribution is 2.32. The molecule has 2 heterocycles. The van der Waals surface area contributed by atoms with Gasteiger partial charge in [0.2, 0.25) is 5.91 Å². The zero-order valence-electron chi connectivity index (χ0n) is 21.7. The lowest BCUT2D eigenvalue weighted by molar-refractivity contribution is -0.120. The van der Waals surface area contributed by atoms with Crippen molar-refractivity contribution < 1.29 is 14.3 Å². The smallest absolute Gasteiger partial charge is 0.217 e. The van der Waals surface area contributed by atoms with Crippen LogP contribution in [0.5, 0.6) is 5.75 Å². The number of fused-ring (bicyclic) bond motifs is 3. The molecule has 0 unspecified atom stereocenters.